The van der Waals surface area contributed by atoms with Crippen LogP contribution in [0.2, 0.25) is 0 Å². The summed E-state index contributed by atoms with van der Waals surface area (Å²) in [6.45, 7) is 6.36. The van der Waals surface area contributed by atoms with Gasteiger partial charge in [0.05, 0.1) is 17.1 Å². The Kier molecular flexibility index (Phi) is 5.05. The van der Waals surface area contributed by atoms with Gasteiger partial charge in [-0.3, -0.25) is 10.1 Å². The molecule has 0 spiro atoms. The van der Waals surface area contributed by atoms with Gasteiger partial charge in [-0.25, -0.2) is 4.98 Å². The highest BCUT2D eigenvalue weighted by Crippen LogP contribution is 2.23. The number of hydrogen-bond acceptors (Lipinski definition) is 6. The van der Waals surface area contributed by atoms with Gasteiger partial charge < -0.3 is 15.7 Å². The zero-order valence-electron chi connectivity index (χ0n) is 11.4. The van der Waals surface area contributed by atoms with Crippen LogP contribution in [0.3, 0.4) is 0 Å². The molecule has 0 bridgehead atoms. The van der Waals surface area contributed by atoms with Crippen LogP contribution in [-0.4, -0.2) is 33.7 Å². The molecule has 0 saturated carbocycles. The van der Waals surface area contributed by atoms with Crippen LogP contribution >= 0.6 is 0 Å². The quantitative estimate of drug-likeness (QED) is 0.516. The van der Waals surface area contributed by atoms with Crippen LogP contribution in [0.4, 0.5) is 17.3 Å². The van der Waals surface area contributed by atoms with E-state index in [4.69, 9.17) is 5.11 Å². The Morgan fingerprint density at radius 3 is 2.58 bits per heavy atom. The molecule has 1 aromatic rings. The van der Waals surface area contributed by atoms with Crippen molar-refractivity contribution >= 4 is 17.3 Å². The van der Waals surface area contributed by atoms with Crippen molar-refractivity contribution in [2.75, 3.05) is 23.8 Å². The molecule has 0 aliphatic carbocycles. The van der Waals surface area contributed by atoms with E-state index in [9.17, 15) is 10.1 Å². The van der Waals surface area contributed by atoms with Gasteiger partial charge in [0.25, 0.3) is 5.69 Å². The zero-order valence-corrected chi connectivity index (χ0v) is 11.4. The predicted molar refractivity (Wildman–Crippen MR) is 74.5 cm³/mol. The van der Waals surface area contributed by atoms with Gasteiger partial charge in [0, 0.05) is 18.7 Å². The van der Waals surface area contributed by atoms with Gasteiger partial charge in [-0.2, -0.15) is 0 Å². The number of aliphatic hydroxyl groups excluding tert-OH is 1. The number of nitro groups is 1. The molecule has 0 atom stereocenters. The highest BCUT2D eigenvalue weighted by molar-refractivity contribution is 5.55. The fraction of sp³-hybridized carbons (Fsp3) is 0.583. The monoisotopic (exact) mass is 268 g/mol. The zero-order chi connectivity index (χ0) is 14.5. The third kappa shape index (κ3) is 4.70. The van der Waals surface area contributed by atoms with Gasteiger partial charge in [0.1, 0.15) is 11.6 Å². The minimum Gasteiger partial charge on any atom is -0.396 e. The predicted octanol–water partition coefficient (Wildman–Crippen LogP) is 1.99. The average Bonchev–Trinajstić information content (AvgIpc) is 2.27. The Hall–Kier alpha value is -1.89. The van der Waals surface area contributed by atoms with Gasteiger partial charge in [-0.1, -0.05) is 0 Å². The largest absolute Gasteiger partial charge is 0.396 e. The van der Waals surface area contributed by atoms with Crippen molar-refractivity contribution in [1.82, 2.24) is 4.98 Å². The molecule has 0 radical (unpaired) electrons. The van der Waals surface area contributed by atoms with Gasteiger partial charge in [-0.05, 0) is 27.2 Å². The molecule has 1 aromatic heterocycles. The molecule has 0 aliphatic rings. The molecule has 0 fully saturated rings. The van der Waals surface area contributed by atoms with E-state index in [1.807, 2.05) is 20.8 Å². The van der Waals surface area contributed by atoms with Crippen molar-refractivity contribution in [3.63, 3.8) is 0 Å². The first-order valence-electron chi connectivity index (χ1n) is 6.17. The Labute approximate surface area is 112 Å². The number of anilines is 2. The van der Waals surface area contributed by atoms with Crippen molar-refractivity contribution in [2.45, 2.75) is 32.7 Å². The molecular weight excluding hydrogens is 248 g/mol. The summed E-state index contributed by atoms with van der Waals surface area (Å²) in [7, 11) is 0. The topological polar surface area (TPSA) is 100 Å². The lowest BCUT2D eigenvalue weighted by atomic mass is 10.0. The summed E-state index contributed by atoms with van der Waals surface area (Å²) in [6, 6.07) is 2.79. The molecule has 7 nitrogen and oxygen atoms in total. The standard InChI is InChI=1S/C12H20N4O3/c1-4-13-10-7-9(16(18)19)8-11(14-10)15-12(2,3)5-6-17/h7-8,17H,4-6H2,1-3H3,(H2,13,14,15). The summed E-state index contributed by atoms with van der Waals surface area (Å²) >= 11 is 0. The molecule has 0 unspecified atom stereocenters. The van der Waals surface area contributed by atoms with E-state index in [0.717, 1.165) is 0 Å². The molecule has 3 N–H and O–H groups in total. The first-order chi connectivity index (χ1) is 8.88. The number of aromatic nitrogens is 1. The van der Waals surface area contributed by atoms with Crippen LogP contribution in [-0.2, 0) is 0 Å². The van der Waals surface area contributed by atoms with Gasteiger partial charge in [0.15, 0.2) is 0 Å². The molecular formula is C12H20N4O3. The second kappa shape index (κ2) is 6.33. The lowest BCUT2D eigenvalue weighted by Gasteiger charge is -2.26. The van der Waals surface area contributed by atoms with Crippen LogP contribution in [0, 0.1) is 10.1 Å². The van der Waals surface area contributed by atoms with Crippen molar-refractivity contribution in [1.29, 1.82) is 0 Å². The minimum absolute atomic E-state index is 0.0201. The van der Waals surface area contributed by atoms with Crippen molar-refractivity contribution < 1.29 is 10.0 Å². The van der Waals surface area contributed by atoms with E-state index in [-0.39, 0.29) is 17.8 Å². The maximum absolute atomic E-state index is 10.9. The second-order valence-electron chi connectivity index (χ2n) is 4.87. The summed E-state index contributed by atoms with van der Waals surface area (Å²) in [5, 5.41) is 25.9. The Bertz CT molecular complexity index is 449. The molecule has 106 valence electrons. The van der Waals surface area contributed by atoms with Crippen molar-refractivity contribution in [2.24, 2.45) is 0 Å². The number of nitrogens with one attached hydrogen (secondary N) is 2. The molecule has 0 saturated heterocycles. The van der Waals surface area contributed by atoms with Crippen LogP contribution < -0.4 is 10.6 Å². The van der Waals surface area contributed by atoms with E-state index in [1.54, 1.807) is 0 Å². The molecule has 19 heavy (non-hydrogen) atoms. The van der Waals surface area contributed by atoms with Crippen molar-refractivity contribution in [3.05, 3.63) is 22.2 Å². The first kappa shape index (κ1) is 15.2. The van der Waals surface area contributed by atoms with Gasteiger partial charge in [-0.15, -0.1) is 0 Å². The highest BCUT2D eigenvalue weighted by atomic mass is 16.6. The summed E-state index contributed by atoms with van der Waals surface area (Å²) in [6.07, 6.45) is 0.522. The van der Waals surface area contributed by atoms with E-state index in [1.165, 1.54) is 12.1 Å². The van der Waals surface area contributed by atoms with Crippen molar-refractivity contribution in [3.8, 4) is 0 Å². The minimum atomic E-state index is -0.452. The number of hydrogen-bond donors (Lipinski definition) is 3. The van der Waals surface area contributed by atoms with Gasteiger partial charge >= 0.3 is 0 Å². The summed E-state index contributed by atoms with van der Waals surface area (Å²) in [5.74, 6) is 0.877. The first-order valence-corrected chi connectivity index (χ1v) is 6.17. The van der Waals surface area contributed by atoms with Gasteiger partial charge in [0.2, 0.25) is 0 Å². The summed E-state index contributed by atoms with van der Waals surface area (Å²) in [4.78, 5) is 14.7. The average molecular weight is 268 g/mol. The Morgan fingerprint density at radius 2 is 2.05 bits per heavy atom. The normalized spacial score (nSPS) is 11.2. The molecule has 0 amide bonds. The highest BCUT2D eigenvalue weighted by Gasteiger charge is 2.19. The molecule has 0 aliphatic heterocycles. The fourth-order valence-electron chi connectivity index (χ4n) is 1.65. The third-order valence-corrected chi connectivity index (χ3v) is 2.58. The molecule has 0 aromatic carbocycles. The van der Waals surface area contributed by atoms with E-state index < -0.39 is 4.92 Å². The number of rotatable bonds is 7. The Morgan fingerprint density at radius 1 is 1.42 bits per heavy atom. The maximum Gasteiger partial charge on any atom is 0.276 e. The number of pyridine rings is 1. The lowest BCUT2D eigenvalue weighted by molar-refractivity contribution is -0.384. The summed E-state index contributed by atoms with van der Waals surface area (Å²) < 4.78 is 0. The third-order valence-electron chi connectivity index (χ3n) is 2.58. The number of aliphatic hydroxyl groups is 1. The lowest BCUT2D eigenvalue weighted by Crippen LogP contribution is -2.32. The fourth-order valence-corrected chi connectivity index (χ4v) is 1.65. The summed E-state index contributed by atoms with van der Waals surface area (Å²) in [5.41, 5.74) is -0.409. The SMILES string of the molecule is CCNc1cc([N+](=O)[O-])cc(NC(C)(C)CCO)n1. The Balaban J connectivity index is 3.02. The van der Waals surface area contributed by atoms with Crippen LogP contribution in [0.5, 0.6) is 0 Å². The van der Waals surface area contributed by atoms with E-state index in [0.29, 0.717) is 24.6 Å². The van der Waals surface area contributed by atoms with Crippen LogP contribution in [0.25, 0.3) is 0 Å². The molecule has 1 rings (SSSR count). The van der Waals surface area contributed by atoms with Crippen LogP contribution in [0.1, 0.15) is 27.2 Å². The van der Waals surface area contributed by atoms with E-state index >= 15 is 0 Å². The second-order valence-corrected chi connectivity index (χ2v) is 4.87. The maximum atomic E-state index is 10.9. The molecule has 1 heterocycles. The van der Waals surface area contributed by atoms with E-state index in [2.05, 4.69) is 15.6 Å². The molecule has 7 heteroatoms. The smallest absolute Gasteiger partial charge is 0.276 e. The number of nitrogens with zero attached hydrogens (tertiary/aromatic N) is 2. The van der Waals surface area contributed by atoms with Crippen LogP contribution in [0.15, 0.2) is 12.1 Å².